The van der Waals surface area contributed by atoms with Crippen LogP contribution < -0.4 is 5.32 Å². The topological polar surface area (TPSA) is 60.3 Å². The van der Waals surface area contributed by atoms with Gasteiger partial charge in [0, 0.05) is 27.0 Å². The molecule has 0 fully saturated rings. The van der Waals surface area contributed by atoms with Gasteiger partial charge in [-0.1, -0.05) is 11.6 Å². The molecule has 0 aliphatic heterocycles. The van der Waals surface area contributed by atoms with Crippen LogP contribution >= 0.6 is 22.9 Å². The number of nitrogens with zero attached hydrogens (tertiary/aromatic N) is 1. The number of anilines is 1. The lowest BCUT2D eigenvalue weighted by Gasteiger charge is -2.09. The molecular formula is C19H19ClN2O3S. The second-order valence-corrected chi connectivity index (χ2v) is 7.56. The summed E-state index contributed by atoms with van der Waals surface area (Å²) in [4.78, 5) is 25.7. The zero-order valence-electron chi connectivity index (χ0n) is 14.8. The van der Waals surface area contributed by atoms with Gasteiger partial charge in [0.15, 0.2) is 0 Å². The molecule has 0 radical (unpaired) electrons. The summed E-state index contributed by atoms with van der Waals surface area (Å²) in [5, 5.41) is 5.02. The normalized spacial score (nSPS) is 10.9. The Hall–Kier alpha value is -2.31. The number of carbonyl (C=O) groups excluding carboxylic acids is 2. The lowest BCUT2D eigenvalue weighted by atomic mass is 10.1. The van der Waals surface area contributed by atoms with Gasteiger partial charge in [-0.3, -0.25) is 4.79 Å². The molecule has 26 heavy (non-hydrogen) atoms. The Morgan fingerprint density at radius 2 is 2.04 bits per heavy atom. The number of amides is 1. The second kappa shape index (κ2) is 7.51. The number of carbonyl (C=O) groups is 2. The summed E-state index contributed by atoms with van der Waals surface area (Å²) in [5.41, 5.74) is 2.20. The minimum atomic E-state index is -0.411. The third-order valence-corrected chi connectivity index (χ3v) is 5.52. The van der Waals surface area contributed by atoms with E-state index in [0.717, 1.165) is 21.3 Å². The van der Waals surface area contributed by atoms with E-state index in [9.17, 15) is 9.59 Å². The summed E-state index contributed by atoms with van der Waals surface area (Å²) in [7, 11) is 0. The molecule has 1 amide bonds. The predicted octanol–water partition coefficient (Wildman–Crippen LogP) is 4.79. The highest BCUT2D eigenvalue weighted by molar-refractivity contribution is 7.16. The molecule has 2 aromatic heterocycles. The van der Waals surface area contributed by atoms with Crippen molar-refractivity contribution in [2.75, 3.05) is 11.9 Å². The van der Waals surface area contributed by atoms with Gasteiger partial charge in [0.05, 0.1) is 12.2 Å². The number of fused-ring (bicyclic) bond motifs is 1. The summed E-state index contributed by atoms with van der Waals surface area (Å²) in [6.07, 6.45) is 1.84. The quantitative estimate of drug-likeness (QED) is 0.637. The standard InChI is InChI=1S/C19H19ClN2O3S/c1-4-25-19(24)17-11(2)12(3)26-18(17)21-16(23)10-22-8-7-13-9-14(20)5-6-15(13)22/h5-9H,4,10H2,1-3H3,(H,21,23). The molecule has 0 saturated heterocycles. The maximum absolute atomic E-state index is 12.5. The SMILES string of the molecule is CCOC(=O)c1c(NC(=O)Cn2ccc3cc(Cl)ccc32)sc(C)c1C. The molecule has 3 rings (SSSR count). The van der Waals surface area contributed by atoms with Gasteiger partial charge in [0.1, 0.15) is 11.5 Å². The average Bonchev–Trinajstić information content (AvgIpc) is 3.08. The van der Waals surface area contributed by atoms with E-state index in [1.54, 1.807) is 13.0 Å². The molecule has 0 aliphatic rings. The molecule has 0 spiro atoms. The molecule has 0 bridgehead atoms. The Morgan fingerprint density at radius 1 is 1.27 bits per heavy atom. The molecule has 1 N–H and O–H groups in total. The van der Waals surface area contributed by atoms with Crippen LogP contribution in [-0.2, 0) is 16.1 Å². The van der Waals surface area contributed by atoms with Gasteiger partial charge in [-0.2, -0.15) is 0 Å². The number of hydrogen-bond acceptors (Lipinski definition) is 4. The number of rotatable bonds is 5. The van der Waals surface area contributed by atoms with Crippen molar-refractivity contribution < 1.29 is 14.3 Å². The molecule has 0 atom stereocenters. The summed E-state index contributed by atoms with van der Waals surface area (Å²) >= 11 is 7.38. The van der Waals surface area contributed by atoms with Gasteiger partial charge >= 0.3 is 5.97 Å². The van der Waals surface area contributed by atoms with Gasteiger partial charge in [0.2, 0.25) is 5.91 Å². The van der Waals surface area contributed by atoms with Crippen LogP contribution in [0.25, 0.3) is 10.9 Å². The van der Waals surface area contributed by atoms with Gasteiger partial charge in [0.25, 0.3) is 0 Å². The third-order valence-electron chi connectivity index (χ3n) is 4.16. The van der Waals surface area contributed by atoms with E-state index < -0.39 is 5.97 Å². The van der Waals surface area contributed by atoms with E-state index in [2.05, 4.69) is 5.32 Å². The zero-order valence-corrected chi connectivity index (χ0v) is 16.3. The highest BCUT2D eigenvalue weighted by Gasteiger charge is 2.22. The van der Waals surface area contributed by atoms with E-state index in [4.69, 9.17) is 16.3 Å². The van der Waals surface area contributed by atoms with Gasteiger partial charge in [-0.25, -0.2) is 4.79 Å². The second-order valence-electron chi connectivity index (χ2n) is 5.90. The average molecular weight is 391 g/mol. The Balaban J connectivity index is 1.82. The Morgan fingerprint density at radius 3 is 2.77 bits per heavy atom. The monoisotopic (exact) mass is 390 g/mol. The Kier molecular flexibility index (Phi) is 5.34. The zero-order chi connectivity index (χ0) is 18.8. The summed E-state index contributed by atoms with van der Waals surface area (Å²) in [6.45, 7) is 5.97. The molecule has 136 valence electrons. The number of esters is 1. The molecular weight excluding hydrogens is 372 g/mol. The molecule has 5 nitrogen and oxygen atoms in total. The van der Waals surface area contributed by atoms with Crippen LogP contribution in [0, 0.1) is 13.8 Å². The van der Waals surface area contributed by atoms with Gasteiger partial charge < -0.3 is 14.6 Å². The fourth-order valence-electron chi connectivity index (χ4n) is 2.79. The van der Waals surface area contributed by atoms with Crippen molar-refractivity contribution >= 4 is 50.7 Å². The number of aryl methyl sites for hydroxylation is 1. The van der Waals surface area contributed by atoms with Crippen LogP contribution in [0.3, 0.4) is 0 Å². The smallest absolute Gasteiger partial charge is 0.341 e. The number of thiophene rings is 1. The largest absolute Gasteiger partial charge is 0.462 e. The van der Waals surface area contributed by atoms with Crippen molar-refractivity contribution in [1.29, 1.82) is 0 Å². The van der Waals surface area contributed by atoms with Crippen molar-refractivity contribution in [2.24, 2.45) is 0 Å². The maximum Gasteiger partial charge on any atom is 0.341 e. The first-order chi connectivity index (χ1) is 12.4. The first-order valence-electron chi connectivity index (χ1n) is 8.22. The number of benzene rings is 1. The molecule has 0 aliphatic carbocycles. The van der Waals surface area contributed by atoms with Crippen molar-refractivity contribution in [3.05, 3.63) is 51.5 Å². The predicted molar refractivity (Wildman–Crippen MR) is 105 cm³/mol. The van der Waals surface area contributed by atoms with Crippen LogP contribution in [0.15, 0.2) is 30.5 Å². The van der Waals surface area contributed by atoms with E-state index in [1.807, 2.05) is 42.8 Å². The molecule has 7 heteroatoms. The fraction of sp³-hybridized carbons (Fsp3) is 0.263. The molecule has 0 unspecified atom stereocenters. The maximum atomic E-state index is 12.5. The van der Waals surface area contributed by atoms with Crippen LogP contribution in [-0.4, -0.2) is 23.1 Å². The minimum absolute atomic E-state index is 0.142. The summed E-state index contributed by atoms with van der Waals surface area (Å²) in [6, 6.07) is 7.45. The number of nitrogens with one attached hydrogen (secondary N) is 1. The first kappa shape index (κ1) is 18.5. The molecule has 3 aromatic rings. The third kappa shape index (κ3) is 3.61. The number of halogens is 1. The molecule has 2 heterocycles. The molecule has 0 saturated carbocycles. The lowest BCUT2D eigenvalue weighted by molar-refractivity contribution is -0.116. The van der Waals surface area contributed by atoms with Gasteiger partial charge in [-0.15, -0.1) is 11.3 Å². The van der Waals surface area contributed by atoms with Crippen LogP contribution in [0.5, 0.6) is 0 Å². The van der Waals surface area contributed by atoms with Gasteiger partial charge in [-0.05, 0) is 50.6 Å². The first-order valence-corrected chi connectivity index (χ1v) is 9.41. The minimum Gasteiger partial charge on any atom is -0.462 e. The highest BCUT2D eigenvalue weighted by Crippen LogP contribution is 2.33. The Bertz CT molecular complexity index is 990. The van der Waals surface area contributed by atoms with Crippen molar-refractivity contribution in [1.82, 2.24) is 4.57 Å². The van der Waals surface area contributed by atoms with E-state index in [-0.39, 0.29) is 12.5 Å². The van der Waals surface area contributed by atoms with Crippen molar-refractivity contribution in [3.63, 3.8) is 0 Å². The lowest BCUT2D eigenvalue weighted by Crippen LogP contribution is -2.19. The van der Waals surface area contributed by atoms with E-state index in [1.165, 1.54) is 11.3 Å². The van der Waals surface area contributed by atoms with E-state index >= 15 is 0 Å². The van der Waals surface area contributed by atoms with Crippen LogP contribution in [0.4, 0.5) is 5.00 Å². The van der Waals surface area contributed by atoms with Crippen LogP contribution in [0.2, 0.25) is 5.02 Å². The summed E-state index contributed by atoms with van der Waals surface area (Å²) < 4.78 is 6.96. The Labute approximate surface area is 160 Å². The number of hydrogen-bond donors (Lipinski definition) is 1. The molecule has 1 aromatic carbocycles. The highest BCUT2D eigenvalue weighted by atomic mass is 35.5. The number of ether oxygens (including phenoxy) is 1. The van der Waals surface area contributed by atoms with Crippen molar-refractivity contribution in [2.45, 2.75) is 27.3 Å². The summed E-state index contributed by atoms with van der Waals surface area (Å²) in [5.74, 6) is -0.616. The van der Waals surface area contributed by atoms with Crippen molar-refractivity contribution in [3.8, 4) is 0 Å². The number of aromatic nitrogens is 1. The fourth-order valence-corrected chi connectivity index (χ4v) is 4.04. The van der Waals surface area contributed by atoms with Crippen LogP contribution in [0.1, 0.15) is 27.7 Å². The van der Waals surface area contributed by atoms with E-state index in [0.29, 0.717) is 22.2 Å².